The van der Waals surface area contributed by atoms with E-state index in [9.17, 15) is 24.6 Å². The Morgan fingerprint density at radius 2 is 1.88 bits per heavy atom. The van der Waals surface area contributed by atoms with Crippen LogP contribution in [0.15, 0.2) is 0 Å². The van der Waals surface area contributed by atoms with Crippen LogP contribution in [0.4, 0.5) is 0 Å². The van der Waals surface area contributed by atoms with Crippen LogP contribution in [0.3, 0.4) is 0 Å². The summed E-state index contributed by atoms with van der Waals surface area (Å²) in [7, 11) is 0. The standard InChI is InChI=1S/C18H30N2O5/c1-3-4-8-13(17(22)23)19-11(2)16(21)20-14-9-6-5-7-12(14)10-15(20)18(24)25/h11-15,19H,3-10H2,1-2H3,(H,22,23)(H,24,25)/t11-,12+,13-,14-,15-/m0/s1. The number of rotatable bonds is 8. The number of aliphatic carboxylic acids is 2. The fourth-order valence-corrected chi connectivity index (χ4v) is 4.28. The molecule has 0 aromatic rings. The van der Waals surface area contributed by atoms with E-state index in [2.05, 4.69) is 5.32 Å². The van der Waals surface area contributed by atoms with E-state index >= 15 is 0 Å². The minimum absolute atomic E-state index is 0.0227. The minimum atomic E-state index is -0.972. The molecule has 1 saturated carbocycles. The monoisotopic (exact) mass is 354 g/mol. The van der Waals surface area contributed by atoms with Crippen molar-refractivity contribution in [3.63, 3.8) is 0 Å². The third kappa shape index (κ3) is 4.51. The fraction of sp³-hybridized carbons (Fsp3) is 0.833. The number of unbranched alkanes of at least 4 members (excludes halogenated alkanes) is 1. The molecule has 0 radical (unpaired) electrons. The number of likely N-dealkylation sites (tertiary alicyclic amines) is 1. The van der Waals surface area contributed by atoms with E-state index in [0.29, 0.717) is 12.8 Å². The van der Waals surface area contributed by atoms with Crippen molar-refractivity contribution < 1.29 is 24.6 Å². The molecule has 0 unspecified atom stereocenters. The van der Waals surface area contributed by atoms with E-state index in [0.717, 1.165) is 38.5 Å². The molecule has 1 saturated heterocycles. The molecule has 0 bridgehead atoms. The summed E-state index contributed by atoms with van der Waals surface area (Å²) in [5, 5.41) is 21.8. The SMILES string of the molecule is CCCC[C@H](N[C@@H](C)C(=O)N1[C@H](C(=O)O)C[C@H]2CCCC[C@@H]21)C(=O)O. The molecule has 7 nitrogen and oxygen atoms in total. The summed E-state index contributed by atoms with van der Waals surface area (Å²) in [4.78, 5) is 37.5. The summed E-state index contributed by atoms with van der Waals surface area (Å²) in [5.74, 6) is -1.97. The van der Waals surface area contributed by atoms with Gasteiger partial charge in [0, 0.05) is 6.04 Å². The van der Waals surface area contributed by atoms with E-state index in [1.54, 1.807) is 6.92 Å². The first-order valence-electron chi connectivity index (χ1n) is 9.40. The molecular weight excluding hydrogens is 324 g/mol. The molecule has 1 aliphatic heterocycles. The molecule has 25 heavy (non-hydrogen) atoms. The first-order valence-corrected chi connectivity index (χ1v) is 9.40. The molecule has 0 spiro atoms. The normalized spacial score (nSPS) is 28.2. The highest BCUT2D eigenvalue weighted by atomic mass is 16.4. The Balaban J connectivity index is 2.09. The Morgan fingerprint density at radius 3 is 2.48 bits per heavy atom. The van der Waals surface area contributed by atoms with Gasteiger partial charge in [-0.05, 0) is 38.5 Å². The Kier molecular flexibility index (Phi) is 6.81. The van der Waals surface area contributed by atoms with Gasteiger partial charge in [-0.3, -0.25) is 14.9 Å². The van der Waals surface area contributed by atoms with Gasteiger partial charge in [0.25, 0.3) is 0 Å². The topological polar surface area (TPSA) is 107 Å². The number of carbonyl (C=O) groups is 3. The zero-order valence-corrected chi connectivity index (χ0v) is 15.1. The zero-order chi connectivity index (χ0) is 18.6. The maximum Gasteiger partial charge on any atom is 0.326 e. The molecule has 1 amide bonds. The molecule has 3 N–H and O–H groups in total. The first kappa shape index (κ1) is 19.7. The Hall–Kier alpha value is -1.63. The van der Waals surface area contributed by atoms with Crippen LogP contribution in [0.1, 0.15) is 65.2 Å². The van der Waals surface area contributed by atoms with Crippen molar-refractivity contribution in [2.45, 2.75) is 89.4 Å². The number of carboxylic acids is 2. The van der Waals surface area contributed by atoms with E-state index in [1.807, 2.05) is 6.92 Å². The van der Waals surface area contributed by atoms with Gasteiger partial charge in [-0.2, -0.15) is 0 Å². The predicted molar refractivity (Wildman–Crippen MR) is 92.2 cm³/mol. The lowest BCUT2D eigenvalue weighted by atomic mass is 9.84. The van der Waals surface area contributed by atoms with Gasteiger partial charge < -0.3 is 15.1 Å². The van der Waals surface area contributed by atoms with E-state index in [4.69, 9.17) is 0 Å². The van der Waals surface area contributed by atoms with Crippen LogP contribution >= 0.6 is 0 Å². The van der Waals surface area contributed by atoms with E-state index < -0.39 is 30.1 Å². The maximum absolute atomic E-state index is 13.0. The van der Waals surface area contributed by atoms with Crippen LogP contribution in [-0.2, 0) is 14.4 Å². The smallest absolute Gasteiger partial charge is 0.326 e. The lowest BCUT2D eigenvalue weighted by Crippen LogP contribution is -2.55. The molecule has 0 aromatic heterocycles. The van der Waals surface area contributed by atoms with Crippen LogP contribution in [-0.4, -0.2) is 57.1 Å². The van der Waals surface area contributed by atoms with Gasteiger partial charge in [-0.1, -0.05) is 32.6 Å². The lowest BCUT2D eigenvalue weighted by Gasteiger charge is -2.35. The first-order chi connectivity index (χ1) is 11.9. The molecule has 2 rings (SSSR count). The van der Waals surface area contributed by atoms with Crippen molar-refractivity contribution in [3.05, 3.63) is 0 Å². The molecule has 2 aliphatic rings. The number of hydrogen-bond acceptors (Lipinski definition) is 4. The van der Waals surface area contributed by atoms with Crippen molar-refractivity contribution in [1.82, 2.24) is 10.2 Å². The fourth-order valence-electron chi connectivity index (χ4n) is 4.28. The summed E-state index contributed by atoms with van der Waals surface area (Å²) < 4.78 is 0. The second-order valence-electron chi connectivity index (χ2n) is 7.37. The Bertz CT molecular complexity index is 510. The van der Waals surface area contributed by atoms with Gasteiger partial charge in [0.1, 0.15) is 12.1 Å². The number of nitrogens with one attached hydrogen (secondary N) is 1. The average molecular weight is 354 g/mol. The summed E-state index contributed by atoms with van der Waals surface area (Å²) in [5.41, 5.74) is 0. The highest BCUT2D eigenvalue weighted by Crippen LogP contribution is 2.40. The third-order valence-corrected chi connectivity index (χ3v) is 5.59. The van der Waals surface area contributed by atoms with Crippen LogP contribution in [0, 0.1) is 5.92 Å². The van der Waals surface area contributed by atoms with Crippen molar-refractivity contribution >= 4 is 17.8 Å². The molecule has 142 valence electrons. The van der Waals surface area contributed by atoms with Crippen LogP contribution < -0.4 is 5.32 Å². The number of fused-ring (bicyclic) bond motifs is 1. The van der Waals surface area contributed by atoms with Gasteiger partial charge in [0.2, 0.25) is 5.91 Å². The summed E-state index contributed by atoms with van der Waals surface area (Å²) in [6.07, 6.45) is 6.50. The molecule has 7 heteroatoms. The molecule has 1 heterocycles. The van der Waals surface area contributed by atoms with Gasteiger partial charge in [0.15, 0.2) is 0 Å². The van der Waals surface area contributed by atoms with E-state index in [1.165, 1.54) is 4.90 Å². The minimum Gasteiger partial charge on any atom is -0.480 e. The number of carboxylic acid groups (broad SMARTS) is 2. The van der Waals surface area contributed by atoms with Crippen LogP contribution in [0.5, 0.6) is 0 Å². The largest absolute Gasteiger partial charge is 0.480 e. The zero-order valence-electron chi connectivity index (χ0n) is 15.1. The van der Waals surface area contributed by atoms with E-state index in [-0.39, 0.29) is 17.9 Å². The average Bonchev–Trinajstić information content (AvgIpc) is 2.97. The second kappa shape index (κ2) is 8.65. The number of carbonyl (C=O) groups excluding carboxylic acids is 1. The van der Waals surface area contributed by atoms with Crippen molar-refractivity contribution in [2.75, 3.05) is 0 Å². The molecule has 5 atom stereocenters. The molecule has 2 fully saturated rings. The summed E-state index contributed by atoms with van der Waals surface area (Å²) >= 11 is 0. The van der Waals surface area contributed by atoms with Gasteiger partial charge in [-0.15, -0.1) is 0 Å². The van der Waals surface area contributed by atoms with Crippen molar-refractivity contribution in [3.8, 4) is 0 Å². The predicted octanol–water partition coefficient (Wildman–Crippen LogP) is 1.85. The lowest BCUT2D eigenvalue weighted by molar-refractivity contribution is -0.151. The highest BCUT2D eigenvalue weighted by Gasteiger charge is 2.48. The van der Waals surface area contributed by atoms with Gasteiger partial charge in [0.05, 0.1) is 6.04 Å². The Labute approximate surface area is 148 Å². The molecule has 0 aromatic carbocycles. The number of amides is 1. The Morgan fingerprint density at radius 1 is 1.20 bits per heavy atom. The number of nitrogens with zero attached hydrogens (tertiary/aromatic N) is 1. The maximum atomic E-state index is 13.0. The second-order valence-corrected chi connectivity index (χ2v) is 7.37. The summed E-state index contributed by atoms with van der Waals surface area (Å²) in [6.45, 7) is 3.62. The molecule has 1 aliphatic carbocycles. The van der Waals surface area contributed by atoms with Gasteiger partial charge in [-0.25, -0.2) is 4.79 Å². The summed E-state index contributed by atoms with van der Waals surface area (Å²) in [6, 6.07) is -2.30. The highest BCUT2D eigenvalue weighted by molar-refractivity contribution is 5.88. The van der Waals surface area contributed by atoms with Crippen LogP contribution in [0.25, 0.3) is 0 Å². The third-order valence-electron chi connectivity index (χ3n) is 5.59. The quantitative estimate of drug-likeness (QED) is 0.614. The molecular formula is C18H30N2O5. The van der Waals surface area contributed by atoms with Crippen molar-refractivity contribution in [1.29, 1.82) is 0 Å². The van der Waals surface area contributed by atoms with Crippen LogP contribution in [0.2, 0.25) is 0 Å². The van der Waals surface area contributed by atoms with Crippen molar-refractivity contribution in [2.24, 2.45) is 5.92 Å². The number of hydrogen-bond donors (Lipinski definition) is 3. The van der Waals surface area contributed by atoms with Gasteiger partial charge >= 0.3 is 11.9 Å².